The van der Waals surface area contributed by atoms with Gasteiger partial charge in [0.2, 0.25) is 5.91 Å². The van der Waals surface area contributed by atoms with Crippen LogP contribution in [-0.2, 0) is 4.79 Å². The van der Waals surface area contributed by atoms with E-state index in [4.69, 9.17) is 5.73 Å². The molecule has 0 saturated carbocycles. The highest BCUT2D eigenvalue weighted by Crippen LogP contribution is 2.09. The van der Waals surface area contributed by atoms with Crippen LogP contribution in [0, 0.1) is 0 Å². The molecule has 0 aromatic carbocycles. The largest absolute Gasteiger partial charge is 0.354 e. The van der Waals surface area contributed by atoms with Crippen molar-refractivity contribution in [2.75, 3.05) is 19.6 Å². The number of primary amides is 1. The maximum absolute atomic E-state index is 11.6. The van der Waals surface area contributed by atoms with Gasteiger partial charge in [-0.1, -0.05) is 6.92 Å². The Morgan fingerprint density at radius 2 is 2.00 bits per heavy atom. The first-order chi connectivity index (χ1) is 9.02. The number of piperidine rings is 1. The van der Waals surface area contributed by atoms with Gasteiger partial charge in [-0.25, -0.2) is 4.79 Å². The maximum Gasteiger partial charge on any atom is 0.314 e. The van der Waals surface area contributed by atoms with Crippen molar-refractivity contribution >= 4 is 11.9 Å². The van der Waals surface area contributed by atoms with E-state index in [1.807, 2.05) is 6.92 Å². The summed E-state index contributed by atoms with van der Waals surface area (Å²) in [5, 5.41) is 6.30. The zero-order valence-electron chi connectivity index (χ0n) is 11.9. The lowest BCUT2D eigenvalue weighted by molar-refractivity contribution is -0.121. The first-order valence-electron chi connectivity index (χ1n) is 7.10. The predicted molar refractivity (Wildman–Crippen MR) is 74.7 cm³/mol. The fraction of sp³-hybridized carbons (Fsp3) is 0.846. The van der Waals surface area contributed by atoms with Crippen LogP contribution in [-0.4, -0.2) is 48.6 Å². The van der Waals surface area contributed by atoms with E-state index in [2.05, 4.69) is 17.6 Å². The van der Waals surface area contributed by atoms with Gasteiger partial charge < -0.3 is 21.3 Å². The topological polar surface area (TPSA) is 87.5 Å². The summed E-state index contributed by atoms with van der Waals surface area (Å²) in [5.74, 6) is 0.0939. The SMILES string of the molecule is CCC(C)NC(=O)CCNC1CCN(C(N)=O)CC1. The van der Waals surface area contributed by atoms with Gasteiger partial charge in [0.15, 0.2) is 0 Å². The van der Waals surface area contributed by atoms with Crippen molar-refractivity contribution in [1.82, 2.24) is 15.5 Å². The number of urea groups is 1. The fourth-order valence-electron chi connectivity index (χ4n) is 2.14. The molecule has 1 saturated heterocycles. The average molecular weight is 270 g/mol. The van der Waals surface area contributed by atoms with Gasteiger partial charge in [0.25, 0.3) is 0 Å². The normalized spacial score (nSPS) is 18.1. The highest BCUT2D eigenvalue weighted by atomic mass is 16.2. The Morgan fingerprint density at radius 3 is 2.53 bits per heavy atom. The van der Waals surface area contributed by atoms with Crippen molar-refractivity contribution in [2.45, 2.75) is 51.6 Å². The third kappa shape index (κ3) is 5.92. The van der Waals surface area contributed by atoms with Crippen LogP contribution >= 0.6 is 0 Å². The van der Waals surface area contributed by atoms with Crippen LogP contribution in [0.5, 0.6) is 0 Å². The lowest BCUT2D eigenvalue weighted by Gasteiger charge is -2.31. The highest BCUT2D eigenvalue weighted by molar-refractivity contribution is 5.76. The Hall–Kier alpha value is -1.30. The molecule has 1 aliphatic rings. The predicted octanol–water partition coefficient (Wildman–Crippen LogP) is 0.424. The van der Waals surface area contributed by atoms with Gasteiger partial charge in [-0.3, -0.25) is 4.79 Å². The van der Waals surface area contributed by atoms with Gasteiger partial charge in [-0.15, -0.1) is 0 Å². The van der Waals surface area contributed by atoms with Crippen LogP contribution in [0.4, 0.5) is 4.79 Å². The molecule has 110 valence electrons. The summed E-state index contributed by atoms with van der Waals surface area (Å²) < 4.78 is 0. The second-order valence-electron chi connectivity index (χ2n) is 5.18. The number of carbonyl (C=O) groups excluding carboxylic acids is 2. The second-order valence-corrected chi connectivity index (χ2v) is 5.18. The fourth-order valence-corrected chi connectivity index (χ4v) is 2.14. The molecular formula is C13H26N4O2. The molecule has 19 heavy (non-hydrogen) atoms. The Morgan fingerprint density at radius 1 is 1.37 bits per heavy atom. The minimum atomic E-state index is -0.341. The minimum absolute atomic E-state index is 0.0939. The van der Waals surface area contributed by atoms with E-state index in [0.29, 0.717) is 32.1 Å². The van der Waals surface area contributed by atoms with Gasteiger partial charge >= 0.3 is 6.03 Å². The first-order valence-corrected chi connectivity index (χ1v) is 7.10. The number of rotatable bonds is 6. The summed E-state index contributed by atoms with van der Waals surface area (Å²) in [4.78, 5) is 24.2. The van der Waals surface area contributed by atoms with Crippen molar-refractivity contribution in [3.05, 3.63) is 0 Å². The number of amides is 3. The van der Waals surface area contributed by atoms with Gasteiger partial charge in [0.1, 0.15) is 0 Å². The van der Waals surface area contributed by atoms with Gasteiger partial charge in [-0.05, 0) is 26.2 Å². The Kier molecular flexibility index (Phi) is 6.62. The Labute approximate surface area is 115 Å². The lowest BCUT2D eigenvalue weighted by Crippen LogP contribution is -2.47. The zero-order chi connectivity index (χ0) is 14.3. The maximum atomic E-state index is 11.6. The van der Waals surface area contributed by atoms with Crippen LogP contribution < -0.4 is 16.4 Å². The van der Waals surface area contributed by atoms with Crippen LogP contribution in [0.2, 0.25) is 0 Å². The minimum Gasteiger partial charge on any atom is -0.354 e. The number of nitrogens with one attached hydrogen (secondary N) is 2. The summed E-state index contributed by atoms with van der Waals surface area (Å²) >= 11 is 0. The van der Waals surface area contributed by atoms with Gasteiger partial charge in [0, 0.05) is 38.1 Å². The number of likely N-dealkylation sites (tertiary alicyclic amines) is 1. The summed E-state index contributed by atoms with van der Waals surface area (Å²) in [7, 11) is 0. The van der Waals surface area contributed by atoms with E-state index in [0.717, 1.165) is 19.3 Å². The smallest absolute Gasteiger partial charge is 0.314 e. The molecule has 0 spiro atoms. The third-order valence-electron chi connectivity index (χ3n) is 3.61. The van der Waals surface area contributed by atoms with Crippen molar-refractivity contribution in [2.24, 2.45) is 5.73 Å². The summed E-state index contributed by atoms with van der Waals surface area (Å²) in [6.45, 7) is 6.14. The number of nitrogens with two attached hydrogens (primary N) is 1. The molecule has 1 atom stereocenters. The van der Waals surface area contributed by atoms with Crippen molar-refractivity contribution in [3.63, 3.8) is 0 Å². The number of hydrogen-bond acceptors (Lipinski definition) is 3. The molecule has 1 heterocycles. The monoisotopic (exact) mass is 270 g/mol. The molecule has 1 rings (SSSR count). The quantitative estimate of drug-likeness (QED) is 0.654. The molecule has 0 aliphatic carbocycles. The molecule has 6 heteroatoms. The first kappa shape index (κ1) is 15.8. The standard InChI is InChI=1S/C13H26N4O2/c1-3-10(2)16-12(18)4-7-15-11-5-8-17(9-6-11)13(14)19/h10-11,15H,3-9H2,1-2H3,(H2,14,19)(H,16,18). The third-order valence-corrected chi connectivity index (χ3v) is 3.61. The van der Waals surface area contributed by atoms with Gasteiger partial charge in [-0.2, -0.15) is 0 Å². The Balaban J connectivity index is 2.11. The molecule has 0 bridgehead atoms. The van der Waals surface area contributed by atoms with Crippen molar-refractivity contribution in [3.8, 4) is 0 Å². The average Bonchev–Trinajstić information content (AvgIpc) is 2.39. The summed E-state index contributed by atoms with van der Waals surface area (Å²) in [5.41, 5.74) is 5.23. The molecule has 0 aromatic rings. The molecule has 4 N–H and O–H groups in total. The van der Waals surface area contributed by atoms with E-state index in [1.165, 1.54) is 0 Å². The van der Waals surface area contributed by atoms with Gasteiger partial charge in [0.05, 0.1) is 0 Å². The van der Waals surface area contributed by atoms with E-state index in [-0.39, 0.29) is 18.0 Å². The molecular weight excluding hydrogens is 244 g/mol. The summed E-state index contributed by atoms with van der Waals surface area (Å²) in [6.07, 6.45) is 3.25. The highest BCUT2D eigenvalue weighted by Gasteiger charge is 2.20. The van der Waals surface area contributed by atoms with E-state index in [1.54, 1.807) is 4.90 Å². The van der Waals surface area contributed by atoms with Crippen molar-refractivity contribution in [1.29, 1.82) is 0 Å². The molecule has 0 radical (unpaired) electrons. The summed E-state index contributed by atoms with van der Waals surface area (Å²) in [6, 6.07) is 0.282. The number of hydrogen-bond donors (Lipinski definition) is 3. The molecule has 1 fully saturated rings. The Bertz CT molecular complexity index is 301. The number of nitrogens with zero attached hydrogens (tertiary/aromatic N) is 1. The van der Waals surface area contributed by atoms with E-state index >= 15 is 0 Å². The lowest BCUT2D eigenvalue weighted by atomic mass is 10.1. The molecule has 6 nitrogen and oxygen atoms in total. The van der Waals surface area contributed by atoms with Crippen LogP contribution in [0.1, 0.15) is 39.5 Å². The molecule has 3 amide bonds. The van der Waals surface area contributed by atoms with Crippen LogP contribution in [0.15, 0.2) is 0 Å². The molecule has 1 unspecified atom stereocenters. The van der Waals surface area contributed by atoms with E-state index in [9.17, 15) is 9.59 Å². The molecule has 0 aromatic heterocycles. The second kappa shape index (κ2) is 7.99. The van der Waals surface area contributed by atoms with Crippen molar-refractivity contribution < 1.29 is 9.59 Å². The number of carbonyl (C=O) groups is 2. The van der Waals surface area contributed by atoms with Crippen LogP contribution in [0.25, 0.3) is 0 Å². The van der Waals surface area contributed by atoms with Crippen LogP contribution in [0.3, 0.4) is 0 Å². The molecule has 1 aliphatic heterocycles. The zero-order valence-corrected chi connectivity index (χ0v) is 11.9. The van der Waals surface area contributed by atoms with E-state index < -0.39 is 0 Å².